The highest BCUT2D eigenvalue weighted by Gasteiger charge is 2.12. The fraction of sp³-hybridized carbons (Fsp3) is 0.316. The summed E-state index contributed by atoms with van der Waals surface area (Å²) in [6.07, 6.45) is 2.41. The topological polar surface area (TPSA) is 57.0 Å². The Labute approximate surface area is 171 Å². The van der Waals surface area contributed by atoms with E-state index in [1.54, 1.807) is 29.0 Å². The third-order valence-electron chi connectivity index (χ3n) is 3.92. The fourth-order valence-corrected chi connectivity index (χ4v) is 3.96. The Morgan fingerprint density at radius 3 is 2.85 bits per heavy atom. The highest BCUT2D eigenvalue weighted by Crippen LogP contribution is 2.24. The monoisotopic (exact) mass is 423 g/mol. The van der Waals surface area contributed by atoms with Crippen molar-refractivity contribution in [3.8, 4) is 0 Å². The highest BCUT2D eigenvalue weighted by atomic mass is 35.5. The van der Waals surface area contributed by atoms with Crippen molar-refractivity contribution in [1.82, 2.24) is 14.5 Å². The minimum Gasteiger partial charge on any atom is -0.382 e. The summed E-state index contributed by atoms with van der Waals surface area (Å²) in [5.74, 6) is 0.631. The number of hydrogen-bond donors (Lipinski definition) is 0. The summed E-state index contributed by atoms with van der Waals surface area (Å²) in [5, 5.41) is 2.21. The molecule has 8 heteroatoms. The van der Waals surface area contributed by atoms with Crippen molar-refractivity contribution in [3.63, 3.8) is 0 Å². The summed E-state index contributed by atoms with van der Waals surface area (Å²) < 4.78 is 7.11. The second-order valence-electron chi connectivity index (χ2n) is 5.84. The van der Waals surface area contributed by atoms with Gasteiger partial charge in [-0.3, -0.25) is 9.36 Å². The Morgan fingerprint density at radius 2 is 2.07 bits per heavy atom. The van der Waals surface area contributed by atoms with Crippen molar-refractivity contribution < 1.29 is 4.74 Å². The van der Waals surface area contributed by atoms with Crippen molar-refractivity contribution in [1.29, 1.82) is 0 Å². The minimum absolute atomic E-state index is 0.0663. The van der Waals surface area contributed by atoms with E-state index in [-0.39, 0.29) is 5.56 Å². The first kappa shape index (κ1) is 20.1. The summed E-state index contributed by atoms with van der Waals surface area (Å²) in [4.78, 5) is 21.7. The number of ether oxygens (including phenoxy) is 1. The molecule has 0 aliphatic heterocycles. The number of aromatic nitrogens is 3. The molecule has 0 amide bonds. The summed E-state index contributed by atoms with van der Waals surface area (Å²) >= 11 is 13.5. The van der Waals surface area contributed by atoms with Crippen LogP contribution in [0.1, 0.15) is 18.9 Å². The average molecular weight is 424 g/mol. The largest absolute Gasteiger partial charge is 0.382 e. The van der Waals surface area contributed by atoms with Gasteiger partial charge in [0.05, 0.1) is 10.9 Å². The van der Waals surface area contributed by atoms with Gasteiger partial charge in [-0.05, 0) is 49.2 Å². The maximum Gasteiger partial charge on any atom is 0.262 e. The molecule has 3 aromatic rings. The standard InChI is InChI=1S/C19H19Cl2N3O2S/c1-2-26-9-3-8-24-18(25)15-5-4-14(20)11-16(15)23-19(24)27-12-13-6-7-22-17(21)10-13/h4-7,10-11H,2-3,8-9,12H2,1H3. The van der Waals surface area contributed by atoms with E-state index in [0.29, 0.717) is 51.7 Å². The molecule has 0 fully saturated rings. The van der Waals surface area contributed by atoms with E-state index < -0.39 is 0 Å². The molecule has 0 atom stereocenters. The zero-order valence-electron chi connectivity index (χ0n) is 14.8. The fourth-order valence-electron chi connectivity index (χ4n) is 2.63. The lowest BCUT2D eigenvalue weighted by atomic mass is 10.2. The van der Waals surface area contributed by atoms with E-state index in [2.05, 4.69) is 9.97 Å². The molecule has 0 unspecified atom stereocenters. The third kappa shape index (κ3) is 5.23. The van der Waals surface area contributed by atoms with Crippen LogP contribution in [0.4, 0.5) is 0 Å². The van der Waals surface area contributed by atoms with Gasteiger partial charge in [0.2, 0.25) is 0 Å². The van der Waals surface area contributed by atoms with Crippen LogP contribution in [0.15, 0.2) is 46.5 Å². The summed E-state index contributed by atoms with van der Waals surface area (Å²) in [6.45, 7) is 3.76. The van der Waals surface area contributed by atoms with E-state index in [0.717, 1.165) is 12.0 Å². The normalized spacial score (nSPS) is 11.2. The van der Waals surface area contributed by atoms with Crippen LogP contribution in [0.2, 0.25) is 10.2 Å². The molecule has 0 aliphatic carbocycles. The SMILES string of the molecule is CCOCCCn1c(SCc2ccnc(Cl)c2)nc2cc(Cl)ccc2c1=O. The van der Waals surface area contributed by atoms with Crippen LogP contribution in [-0.2, 0) is 17.0 Å². The maximum atomic E-state index is 13.0. The van der Waals surface area contributed by atoms with Gasteiger partial charge in [0.25, 0.3) is 5.56 Å². The van der Waals surface area contributed by atoms with E-state index in [1.165, 1.54) is 11.8 Å². The quantitative estimate of drug-likeness (QED) is 0.225. The molecule has 142 valence electrons. The number of nitrogens with zero attached hydrogens (tertiary/aromatic N) is 3. The minimum atomic E-state index is -0.0663. The zero-order valence-corrected chi connectivity index (χ0v) is 17.2. The predicted molar refractivity (Wildman–Crippen MR) is 111 cm³/mol. The zero-order chi connectivity index (χ0) is 19.2. The number of hydrogen-bond acceptors (Lipinski definition) is 5. The molecule has 2 aromatic heterocycles. The molecule has 1 aromatic carbocycles. The Kier molecular flexibility index (Phi) is 7.13. The molecule has 0 saturated carbocycles. The molecule has 0 bridgehead atoms. The second-order valence-corrected chi connectivity index (χ2v) is 7.60. The van der Waals surface area contributed by atoms with Gasteiger partial charge in [-0.25, -0.2) is 9.97 Å². The third-order valence-corrected chi connectivity index (χ3v) is 5.41. The molecule has 0 spiro atoms. The molecule has 3 rings (SSSR count). The van der Waals surface area contributed by atoms with Gasteiger partial charge >= 0.3 is 0 Å². The van der Waals surface area contributed by atoms with Crippen LogP contribution in [0.5, 0.6) is 0 Å². The van der Waals surface area contributed by atoms with Crippen LogP contribution in [0.3, 0.4) is 0 Å². The van der Waals surface area contributed by atoms with Gasteiger partial charge in [-0.1, -0.05) is 35.0 Å². The van der Waals surface area contributed by atoms with E-state index in [1.807, 2.05) is 19.1 Å². The Morgan fingerprint density at radius 1 is 1.22 bits per heavy atom. The molecule has 0 N–H and O–H groups in total. The van der Waals surface area contributed by atoms with Crippen molar-refractivity contribution in [2.24, 2.45) is 0 Å². The van der Waals surface area contributed by atoms with Crippen LogP contribution >= 0.6 is 35.0 Å². The first-order valence-corrected chi connectivity index (χ1v) is 10.3. The average Bonchev–Trinajstić information content (AvgIpc) is 2.65. The number of thioether (sulfide) groups is 1. The molecule has 5 nitrogen and oxygen atoms in total. The van der Waals surface area contributed by atoms with Crippen LogP contribution in [-0.4, -0.2) is 27.7 Å². The van der Waals surface area contributed by atoms with Gasteiger partial charge in [0.1, 0.15) is 5.15 Å². The number of pyridine rings is 1. The van der Waals surface area contributed by atoms with Crippen molar-refractivity contribution in [3.05, 3.63) is 62.6 Å². The van der Waals surface area contributed by atoms with E-state index in [4.69, 9.17) is 27.9 Å². The van der Waals surface area contributed by atoms with Crippen molar-refractivity contribution in [2.45, 2.75) is 30.8 Å². The summed E-state index contributed by atoms with van der Waals surface area (Å²) in [5.41, 5.74) is 1.55. The van der Waals surface area contributed by atoms with Crippen molar-refractivity contribution >= 4 is 45.9 Å². The summed E-state index contributed by atoms with van der Waals surface area (Å²) in [6, 6.07) is 8.86. The van der Waals surface area contributed by atoms with Gasteiger partial charge in [-0.15, -0.1) is 0 Å². The van der Waals surface area contributed by atoms with Crippen LogP contribution < -0.4 is 5.56 Å². The van der Waals surface area contributed by atoms with E-state index in [9.17, 15) is 4.79 Å². The summed E-state index contributed by atoms with van der Waals surface area (Å²) in [7, 11) is 0. The molecular formula is C19H19Cl2N3O2S. The van der Waals surface area contributed by atoms with Gasteiger partial charge in [0.15, 0.2) is 5.16 Å². The Bertz CT molecular complexity index is 994. The lowest BCUT2D eigenvalue weighted by Gasteiger charge is -2.13. The lowest BCUT2D eigenvalue weighted by Crippen LogP contribution is -2.24. The van der Waals surface area contributed by atoms with Crippen LogP contribution in [0.25, 0.3) is 10.9 Å². The number of rotatable bonds is 8. The molecule has 0 aliphatic rings. The first-order chi connectivity index (χ1) is 13.1. The highest BCUT2D eigenvalue weighted by molar-refractivity contribution is 7.98. The molecule has 0 radical (unpaired) electrons. The Balaban J connectivity index is 1.92. The molecule has 2 heterocycles. The smallest absolute Gasteiger partial charge is 0.262 e. The lowest BCUT2D eigenvalue weighted by molar-refractivity contribution is 0.140. The molecule has 27 heavy (non-hydrogen) atoms. The first-order valence-electron chi connectivity index (χ1n) is 8.59. The van der Waals surface area contributed by atoms with Gasteiger partial charge in [0, 0.05) is 36.7 Å². The van der Waals surface area contributed by atoms with Gasteiger partial charge in [-0.2, -0.15) is 0 Å². The Hall–Kier alpha value is -1.60. The van der Waals surface area contributed by atoms with Crippen LogP contribution in [0, 0.1) is 0 Å². The number of fused-ring (bicyclic) bond motifs is 1. The molecule has 0 saturated heterocycles. The van der Waals surface area contributed by atoms with Gasteiger partial charge < -0.3 is 4.74 Å². The van der Waals surface area contributed by atoms with Crippen molar-refractivity contribution in [2.75, 3.05) is 13.2 Å². The number of halogens is 2. The maximum absolute atomic E-state index is 13.0. The molecular weight excluding hydrogens is 405 g/mol. The second kappa shape index (κ2) is 9.55. The number of benzene rings is 1. The van der Waals surface area contributed by atoms with E-state index >= 15 is 0 Å². The predicted octanol–water partition coefficient (Wildman–Crippen LogP) is 4.82.